The molecule has 0 unspecified atom stereocenters. The molecule has 33 heavy (non-hydrogen) atoms. The van der Waals surface area contributed by atoms with Crippen LogP contribution in [0.5, 0.6) is 0 Å². The number of hydrogen-bond donors (Lipinski definition) is 1. The molecule has 0 atom stereocenters. The monoisotopic (exact) mass is 438 g/mol. The second kappa shape index (κ2) is 8.75. The van der Waals surface area contributed by atoms with Gasteiger partial charge in [-0.15, -0.1) is 10.2 Å². The Hall–Kier alpha value is -4.80. The van der Waals surface area contributed by atoms with E-state index in [1.807, 2.05) is 31.2 Å². The summed E-state index contributed by atoms with van der Waals surface area (Å²) in [5, 5.41) is 19.7. The van der Waals surface area contributed by atoms with Gasteiger partial charge < -0.3 is 5.32 Å². The minimum atomic E-state index is -0.217. The Morgan fingerprint density at radius 2 is 1.27 bits per heavy atom. The molecule has 11 nitrogen and oxygen atoms in total. The average Bonchev–Trinajstić information content (AvgIpc) is 3.56. The van der Waals surface area contributed by atoms with Crippen molar-refractivity contribution in [3.8, 4) is 34.2 Å². The number of aromatic nitrogens is 9. The van der Waals surface area contributed by atoms with Gasteiger partial charge in [0.25, 0.3) is 5.91 Å². The summed E-state index contributed by atoms with van der Waals surface area (Å²) in [7, 11) is 0. The van der Waals surface area contributed by atoms with Crippen molar-refractivity contribution in [2.75, 3.05) is 6.54 Å². The molecule has 0 radical (unpaired) electrons. The van der Waals surface area contributed by atoms with Gasteiger partial charge in [-0.2, -0.15) is 0 Å². The summed E-state index contributed by atoms with van der Waals surface area (Å²) in [6.45, 7) is 2.36. The predicted molar refractivity (Wildman–Crippen MR) is 119 cm³/mol. The van der Waals surface area contributed by atoms with Crippen molar-refractivity contribution in [1.29, 1.82) is 0 Å². The van der Waals surface area contributed by atoms with Gasteiger partial charge >= 0.3 is 0 Å². The Kier molecular flexibility index (Phi) is 5.33. The Labute approximate surface area is 188 Å². The van der Waals surface area contributed by atoms with Crippen LogP contribution in [0.25, 0.3) is 34.2 Å². The molecule has 0 aliphatic heterocycles. The van der Waals surface area contributed by atoms with Crippen molar-refractivity contribution in [3.05, 3.63) is 79.1 Å². The number of nitrogens with one attached hydrogen (secondary N) is 1. The van der Waals surface area contributed by atoms with Gasteiger partial charge in [0.05, 0.1) is 35.2 Å². The molecule has 0 spiro atoms. The number of hydrogen-bond acceptors (Lipinski definition) is 8. The largest absolute Gasteiger partial charge is 0.352 e. The standard InChI is InChI=1S/C22H18N10O/c1-2-25-22(33)15-11-18(20-13-31(29-27-20)16-3-7-23-8-4-16)26-19(12-15)21-14-32(30-28-21)17-5-9-24-10-6-17/h3-14H,2H2,1H3,(H,25,33). The van der Waals surface area contributed by atoms with Crippen LogP contribution in [-0.4, -0.2) is 57.4 Å². The molecule has 0 saturated heterocycles. The normalized spacial score (nSPS) is 10.8. The zero-order chi connectivity index (χ0) is 22.6. The van der Waals surface area contributed by atoms with E-state index < -0.39 is 0 Å². The van der Waals surface area contributed by atoms with E-state index >= 15 is 0 Å². The van der Waals surface area contributed by atoms with E-state index in [2.05, 4.69) is 35.9 Å². The van der Waals surface area contributed by atoms with Crippen molar-refractivity contribution in [3.63, 3.8) is 0 Å². The average molecular weight is 438 g/mol. The maximum atomic E-state index is 12.6. The maximum absolute atomic E-state index is 12.6. The molecular formula is C22H18N10O. The third-order valence-electron chi connectivity index (χ3n) is 4.79. The predicted octanol–water partition coefficient (Wildman–Crippen LogP) is 2.12. The lowest BCUT2D eigenvalue weighted by Crippen LogP contribution is -2.22. The second-order valence-corrected chi connectivity index (χ2v) is 6.99. The highest BCUT2D eigenvalue weighted by molar-refractivity contribution is 5.96. The lowest BCUT2D eigenvalue weighted by molar-refractivity contribution is 0.0956. The Bertz CT molecular complexity index is 1300. The van der Waals surface area contributed by atoms with Crippen LogP contribution in [-0.2, 0) is 0 Å². The van der Waals surface area contributed by atoms with Crippen molar-refractivity contribution >= 4 is 5.91 Å². The molecule has 0 bridgehead atoms. The molecule has 5 aromatic rings. The fraction of sp³-hybridized carbons (Fsp3) is 0.0909. The van der Waals surface area contributed by atoms with Crippen LogP contribution >= 0.6 is 0 Å². The molecule has 11 heteroatoms. The molecular weight excluding hydrogens is 420 g/mol. The van der Waals surface area contributed by atoms with Crippen molar-refractivity contribution in [2.24, 2.45) is 0 Å². The summed E-state index contributed by atoms with van der Waals surface area (Å²) in [5.41, 5.74) is 4.07. The molecule has 5 heterocycles. The summed E-state index contributed by atoms with van der Waals surface area (Å²) in [6, 6.07) is 10.6. The molecule has 5 rings (SSSR count). The third-order valence-corrected chi connectivity index (χ3v) is 4.79. The summed E-state index contributed by atoms with van der Waals surface area (Å²) < 4.78 is 3.24. The molecule has 0 fully saturated rings. The van der Waals surface area contributed by atoms with Gasteiger partial charge in [0.1, 0.15) is 11.4 Å². The van der Waals surface area contributed by atoms with Crippen LogP contribution in [0.1, 0.15) is 17.3 Å². The van der Waals surface area contributed by atoms with E-state index in [0.717, 1.165) is 11.4 Å². The maximum Gasteiger partial charge on any atom is 0.251 e. The Balaban J connectivity index is 1.56. The lowest BCUT2D eigenvalue weighted by Gasteiger charge is -2.06. The van der Waals surface area contributed by atoms with Gasteiger partial charge in [0.2, 0.25) is 0 Å². The van der Waals surface area contributed by atoms with Crippen LogP contribution < -0.4 is 5.32 Å². The van der Waals surface area contributed by atoms with E-state index in [1.165, 1.54) is 0 Å². The van der Waals surface area contributed by atoms with Crippen LogP contribution in [0.15, 0.2) is 73.6 Å². The summed E-state index contributed by atoms with van der Waals surface area (Å²) in [4.78, 5) is 25.4. The summed E-state index contributed by atoms with van der Waals surface area (Å²) in [5.74, 6) is -0.217. The first-order valence-corrected chi connectivity index (χ1v) is 10.2. The topological polar surface area (TPSA) is 129 Å². The van der Waals surface area contributed by atoms with Crippen LogP contribution in [0.3, 0.4) is 0 Å². The number of carbonyl (C=O) groups excluding carboxylic acids is 1. The summed E-state index contributed by atoms with van der Waals surface area (Å²) >= 11 is 0. The Morgan fingerprint density at radius 1 is 0.788 bits per heavy atom. The zero-order valence-electron chi connectivity index (χ0n) is 17.6. The molecule has 0 saturated carbocycles. The molecule has 0 aliphatic rings. The van der Waals surface area contributed by atoms with Crippen LogP contribution in [0, 0.1) is 0 Å². The fourth-order valence-corrected chi connectivity index (χ4v) is 3.20. The number of rotatable bonds is 6. The molecule has 0 aromatic carbocycles. The smallest absolute Gasteiger partial charge is 0.251 e. The SMILES string of the molecule is CCNC(=O)c1cc(-c2cn(-c3ccncc3)nn2)nc(-c2cn(-c3ccncc3)nn2)c1. The van der Waals surface area contributed by atoms with Gasteiger partial charge in [-0.3, -0.25) is 14.8 Å². The van der Waals surface area contributed by atoms with E-state index in [0.29, 0.717) is 34.9 Å². The van der Waals surface area contributed by atoms with Crippen LogP contribution in [0.4, 0.5) is 0 Å². The number of nitrogens with zero attached hydrogens (tertiary/aromatic N) is 9. The molecule has 1 amide bonds. The highest BCUT2D eigenvalue weighted by Crippen LogP contribution is 2.23. The second-order valence-electron chi connectivity index (χ2n) is 6.99. The van der Waals surface area contributed by atoms with Gasteiger partial charge in [-0.25, -0.2) is 14.3 Å². The quantitative estimate of drug-likeness (QED) is 0.427. The Morgan fingerprint density at radius 3 is 1.73 bits per heavy atom. The zero-order valence-corrected chi connectivity index (χ0v) is 17.6. The van der Waals surface area contributed by atoms with Gasteiger partial charge in [0.15, 0.2) is 0 Å². The van der Waals surface area contributed by atoms with E-state index in [1.54, 1.807) is 58.7 Å². The van der Waals surface area contributed by atoms with Crippen LogP contribution in [0.2, 0.25) is 0 Å². The number of carbonyl (C=O) groups is 1. The first-order chi connectivity index (χ1) is 16.2. The minimum absolute atomic E-state index is 0.217. The highest BCUT2D eigenvalue weighted by Gasteiger charge is 2.16. The van der Waals surface area contributed by atoms with Gasteiger partial charge in [-0.1, -0.05) is 10.4 Å². The highest BCUT2D eigenvalue weighted by atomic mass is 16.1. The van der Waals surface area contributed by atoms with Gasteiger partial charge in [0, 0.05) is 36.9 Å². The molecule has 0 aliphatic carbocycles. The number of amides is 1. The van der Waals surface area contributed by atoms with E-state index in [9.17, 15) is 4.79 Å². The van der Waals surface area contributed by atoms with Crippen molar-refractivity contribution in [2.45, 2.75) is 6.92 Å². The summed E-state index contributed by atoms with van der Waals surface area (Å²) in [6.07, 6.45) is 10.2. The third kappa shape index (κ3) is 4.19. The number of pyridine rings is 3. The van der Waals surface area contributed by atoms with Crippen molar-refractivity contribution in [1.82, 2.24) is 50.3 Å². The fourth-order valence-electron chi connectivity index (χ4n) is 3.20. The molecule has 162 valence electrons. The molecule has 1 N–H and O–H groups in total. The van der Waals surface area contributed by atoms with Crippen molar-refractivity contribution < 1.29 is 4.79 Å². The van der Waals surface area contributed by atoms with E-state index in [4.69, 9.17) is 4.98 Å². The van der Waals surface area contributed by atoms with Gasteiger partial charge in [-0.05, 0) is 43.3 Å². The molecule has 5 aromatic heterocycles. The van der Waals surface area contributed by atoms with E-state index in [-0.39, 0.29) is 5.91 Å². The first-order valence-electron chi connectivity index (χ1n) is 10.2. The lowest BCUT2D eigenvalue weighted by atomic mass is 10.1. The minimum Gasteiger partial charge on any atom is -0.352 e. The first kappa shape index (κ1) is 20.1.